The van der Waals surface area contributed by atoms with Gasteiger partial charge in [-0.05, 0) is 97.4 Å². The second-order valence-electron chi connectivity index (χ2n) is 14.3. The van der Waals surface area contributed by atoms with Crippen LogP contribution >= 0.6 is 0 Å². The molecule has 5 atom stereocenters. The number of fused-ring (bicyclic) bond motifs is 1. The summed E-state index contributed by atoms with van der Waals surface area (Å²) >= 11 is 0. The van der Waals surface area contributed by atoms with E-state index >= 15 is 0 Å². The van der Waals surface area contributed by atoms with Crippen molar-refractivity contribution in [2.45, 2.75) is 145 Å². The maximum atomic E-state index is 4.47. The number of unbranched alkanes of at least 4 members (excludes halogenated alkanes) is 2. The van der Waals surface area contributed by atoms with E-state index in [4.69, 9.17) is 0 Å². The molecule has 194 valence electrons. The Morgan fingerprint density at radius 3 is 2.50 bits per heavy atom. The second kappa shape index (κ2) is 11.5. The summed E-state index contributed by atoms with van der Waals surface area (Å²) in [4.78, 5) is 0. The topological polar surface area (TPSA) is 0 Å². The van der Waals surface area contributed by atoms with Crippen molar-refractivity contribution >= 4 is 0 Å². The van der Waals surface area contributed by atoms with Gasteiger partial charge in [0.1, 0.15) is 0 Å². The van der Waals surface area contributed by atoms with Gasteiger partial charge in [-0.25, -0.2) is 0 Å². The summed E-state index contributed by atoms with van der Waals surface area (Å²) in [5, 5.41) is 0. The first kappa shape index (κ1) is 27.8. The zero-order valence-corrected chi connectivity index (χ0v) is 24.2. The Morgan fingerprint density at radius 2 is 1.79 bits per heavy atom. The van der Waals surface area contributed by atoms with E-state index in [-0.39, 0.29) is 0 Å². The minimum absolute atomic E-state index is 0.391. The minimum atomic E-state index is 0.391. The maximum absolute atomic E-state index is 4.47. The highest BCUT2D eigenvalue weighted by Gasteiger charge is 2.57. The van der Waals surface area contributed by atoms with E-state index in [0.29, 0.717) is 16.2 Å². The molecule has 3 aliphatic carbocycles. The van der Waals surface area contributed by atoms with Crippen molar-refractivity contribution in [1.29, 1.82) is 0 Å². The summed E-state index contributed by atoms with van der Waals surface area (Å²) in [6.45, 7) is 21.9. The molecule has 0 aromatic rings. The number of hydrogen-bond donors (Lipinski definition) is 0. The van der Waals surface area contributed by atoms with Gasteiger partial charge in [0.15, 0.2) is 0 Å². The van der Waals surface area contributed by atoms with Crippen LogP contribution in [0, 0.1) is 34.0 Å². The molecule has 0 amide bonds. The molecule has 3 aliphatic rings. The van der Waals surface area contributed by atoms with Gasteiger partial charge >= 0.3 is 0 Å². The predicted octanol–water partition coefficient (Wildman–Crippen LogP) is 11.2. The van der Waals surface area contributed by atoms with Crippen LogP contribution in [-0.2, 0) is 0 Å². The fourth-order valence-electron chi connectivity index (χ4n) is 8.12. The van der Waals surface area contributed by atoms with Crippen molar-refractivity contribution < 1.29 is 0 Å². The summed E-state index contributed by atoms with van der Waals surface area (Å²) in [6, 6.07) is 0. The zero-order chi connectivity index (χ0) is 25.0. The van der Waals surface area contributed by atoms with Gasteiger partial charge in [-0.3, -0.25) is 0 Å². The van der Waals surface area contributed by atoms with Crippen LogP contribution in [0.2, 0.25) is 0 Å². The summed E-state index contributed by atoms with van der Waals surface area (Å²) in [5.74, 6) is 2.63. The average molecular weight is 467 g/mol. The Hall–Kier alpha value is -0.780. The highest BCUT2D eigenvalue weighted by Crippen LogP contribution is 2.67. The molecule has 0 heteroatoms. The molecule has 0 bridgehead atoms. The van der Waals surface area contributed by atoms with Crippen LogP contribution in [0.5, 0.6) is 0 Å². The summed E-state index contributed by atoms with van der Waals surface area (Å²) in [6.07, 6.45) is 25.7. The smallest absolute Gasteiger partial charge is 0.00566 e. The quantitative estimate of drug-likeness (QED) is 0.296. The van der Waals surface area contributed by atoms with Crippen molar-refractivity contribution in [2.24, 2.45) is 34.0 Å². The van der Waals surface area contributed by atoms with Gasteiger partial charge < -0.3 is 0 Å². The normalized spacial score (nSPS) is 35.7. The fourth-order valence-corrected chi connectivity index (χ4v) is 8.12. The first-order valence-electron chi connectivity index (χ1n) is 15.1. The van der Waals surface area contributed by atoms with Gasteiger partial charge in [0.2, 0.25) is 0 Å². The third-order valence-corrected chi connectivity index (χ3v) is 10.7. The number of rotatable bonds is 9. The standard InChI is InChI=1S/C34H58/c1-9-10-11-15-28-18-17-26(2)29(25-28)19-20-30-16-13-23-34(8)31(21-24-33(30,34)7)27(3)14-12-22-32(4,5)6/h19-20,27-28,31H,2,9-18,21-25H2,1,3-8H3/b29-19-,30-20+. The Bertz CT molecular complexity index is 742. The molecule has 3 rings (SSSR count). The fraction of sp³-hybridized carbons (Fsp3) is 0.824. The van der Waals surface area contributed by atoms with Crippen molar-refractivity contribution in [3.8, 4) is 0 Å². The molecule has 0 aromatic heterocycles. The Balaban J connectivity index is 1.71. The van der Waals surface area contributed by atoms with E-state index in [0.717, 1.165) is 17.8 Å². The number of hydrogen-bond acceptors (Lipinski definition) is 0. The van der Waals surface area contributed by atoms with Crippen LogP contribution < -0.4 is 0 Å². The van der Waals surface area contributed by atoms with Gasteiger partial charge in [-0.15, -0.1) is 0 Å². The molecule has 5 unspecified atom stereocenters. The molecular weight excluding hydrogens is 408 g/mol. The third-order valence-electron chi connectivity index (χ3n) is 10.7. The highest BCUT2D eigenvalue weighted by molar-refractivity contribution is 5.37. The van der Waals surface area contributed by atoms with Crippen LogP contribution in [0.25, 0.3) is 0 Å². The number of allylic oxidation sites excluding steroid dienone is 5. The maximum Gasteiger partial charge on any atom is -0.00566 e. The van der Waals surface area contributed by atoms with E-state index in [1.54, 1.807) is 11.1 Å². The van der Waals surface area contributed by atoms with Gasteiger partial charge in [0.25, 0.3) is 0 Å². The van der Waals surface area contributed by atoms with Crippen LogP contribution in [0.15, 0.2) is 35.5 Å². The van der Waals surface area contributed by atoms with Crippen molar-refractivity contribution in [3.63, 3.8) is 0 Å². The zero-order valence-electron chi connectivity index (χ0n) is 24.2. The van der Waals surface area contributed by atoms with E-state index in [1.807, 2.05) is 0 Å². The van der Waals surface area contributed by atoms with Crippen LogP contribution in [-0.4, -0.2) is 0 Å². The third kappa shape index (κ3) is 6.31. The summed E-state index contributed by atoms with van der Waals surface area (Å²) in [5.41, 5.74) is 6.09. The highest BCUT2D eigenvalue weighted by atomic mass is 14.6. The average Bonchev–Trinajstić information content (AvgIpc) is 3.04. The lowest BCUT2D eigenvalue weighted by atomic mass is 9.53. The van der Waals surface area contributed by atoms with E-state index in [9.17, 15) is 0 Å². The molecule has 0 aliphatic heterocycles. The molecule has 0 saturated heterocycles. The Morgan fingerprint density at radius 1 is 1.03 bits per heavy atom. The Labute approximate surface area is 214 Å². The molecule has 0 spiro atoms. The summed E-state index contributed by atoms with van der Waals surface area (Å²) < 4.78 is 0. The van der Waals surface area contributed by atoms with E-state index < -0.39 is 0 Å². The van der Waals surface area contributed by atoms with E-state index in [2.05, 4.69) is 67.2 Å². The van der Waals surface area contributed by atoms with Gasteiger partial charge in [0, 0.05) is 0 Å². The molecule has 0 aromatic carbocycles. The van der Waals surface area contributed by atoms with Crippen molar-refractivity contribution in [3.05, 3.63) is 35.5 Å². The lowest BCUT2D eigenvalue weighted by molar-refractivity contribution is 0.0338. The molecule has 34 heavy (non-hydrogen) atoms. The lowest BCUT2D eigenvalue weighted by Gasteiger charge is -2.51. The van der Waals surface area contributed by atoms with Crippen LogP contribution in [0.4, 0.5) is 0 Å². The monoisotopic (exact) mass is 466 g/mol. The van der Waals surface area contributed by atoms with Crippen molar-refractivity contribution in [2.75, 3.05) is 0 Å². The molecule has 0 nitrogen and oxygen atoms in total. The second-order valence-corrected chi connectivity index (χ2v) is 14.3. The van der Waals surface area contributed by atoms with Crippen molar-refractivity contribution in [1.82, 2.24) is 0 Å². The van der Waals surface area contributed by atoms with Crippen LogP contribution in [0.1, 0.15) is 145 Å². The van der Waals surface area contributed by atoms with Gasteiger partial charge in [-0.2, -0.15) is 0 Å². The lowest BCUT2D eigenvalue weighted by Crippen LogP contribution is -2.43. The molecule has 0 N–H and O–H groups in total. The SMILES string of the molecule is C=C1CCC(CCCCC)C/C1=C/C=C1\CCCC2(C)C(C(C)CCCC(C)(C)C)CCC12C. The predicted molar refractivity (Wildman–Crippen MR) is 152 cm³/mol. The van der Waals surface area contributed by atoms with Gasteiger partial charge in [-0.1, -0.05) is 117 Å². The minimum Gasteiger partial charge on any atom is -0.0956 e. The van der Waals surface area contributed by atoms with E-state index in [1.165, 1.54) is 102 Å². The van der Waals surface area contributed by atoms with Gasteiger partial charge in [0.05, 0.1) is 0 Å². The first-order chi connectivity index (χ1) is 16.0. The molecule has 3 fully saturated rings. The Kier molecular flexibility index (Phi) is 9.42. The molecule has 0 heterocycles. The largest absolute Gasteiger partial charge is 0.0956 e. The molecule has 3 saturated carbocycles. The first-order valence-corrected chi connectivity index (χ1v) is 15.1. The van der Waals surface area contributed by atoms with Crippen LogP contribution in [0.3, 0.4) is 0 Å². The summed E-state index contributed by atoms with van der Waals surface area (Å²) in [7, 11) is 0. The molecular formula is C34H58. The molecule has 0 radical (unpaired) electrons.